The van der Waals surface area contributed by atoms with Crippen molar-refractivity contribution in [3.8, 4) is 5.75 Å². The number of benzene rings is 2. The van der Waals surface area contributed by atoms with Crippen LogP contribution < -0.4 is 9.64 Å². The zero-order valence-electron chi connectivity index (χ0n) is 16.4. The summed E-state index contributed by atoms with van der Waals surface area (Å²) in [6.07, 6.45) is 1.75. The molecular weight excluding hydrogens is 478 g/mol. The maximum Gasteiger partial charge on any atom is 0.300 e. The molecular formula is C24H18BrNO4S. The van der Waals surface area contributed by atoms with Crippen molar-refractivity contribution in [2.45, 2.75) is 18.9 Å². The molecule has 0 radical (unpaired) electrons. The number of ether oxygens (including phenoxy) is 1. The van der Waals surface area contributed by atoms with Crippen molar-refractivity contribution in [3.63, 3.8) is 0 Å². The van der Waals surface area contributed by atoms with Crippen LogP contribution in [0.15, 0.2) is 70.0 Å². The number of hydrogen-bond donors (Lipinski definition) is 1. The van der Waals surface area contributed by atoms with Crippen molar-refractivity contribution in [3.05, 3.63) is 86.0 Å². The molecule has 3 heterocycles. The molecule has 0 spiro atoms. The van der Waals surface area contributed by atoms with Gasteiger partial charge in [0.05, 0.1) is 12.2 Å². The Morgan fingerprint density at radius 2 is 2.00 bits per heavy atom. The summed E-state index contributed by atoms with van der Waals surface area (Å²) in [7, 11) is 0. The molecule has 2 aliphatic rings. The summed E-state index contributed by atoms with van der Waals surface area (Å²) >= 11 is 4.88. The molecule has 2 aliphatic heterocycles. The molecule has 1 amide bonds. The minimum atomic E-state index is -0.693. The first-order chi connectivity index (χ1) is 15.0. The summed E-state index contributed by atoms with van der Waals surface area (Å²) in [5.74, 6) is -0.709. The van der Waals surface area contributed by atoms with E-state index in [1.54, 1.807) is 18.2 Å². The molecule has 1 aromatic heterocycles. The third-order valence-corrected chi connectivity index (χ3v) is 6.94. The average Bonchev–Trinajstić information content (AvgIpc) is 3.40. The second-order valence-corrected chi connectivity index (χ2v) is 9.33. The molecule has 3 aromatic rings. The Hall–Kier alpha value is -2.90. The van der Waals surface area contributed by atoms with Crippen LogP contribution >= 0.6 is 27.3 Å². The summed E-state index contributed by atoms with van der Waals surface area (Å²) in [6.45, 7) is 0.675. The van der Waals surface area contributed by atoms with E-state index in [0.29, 0.717) is 17.9 Å². The van der Waals surface area contributed by atoms with Crippen molar-refractivity contribution in [1.29, 1.82) is 0 Å². The van der Waals surface area contributed by atoms with Gasteiger partial charge in [0.25, 0.3) is 11.7 Å². The van der Waals surface area contributed by atoms with Crippen LogP contribution in [0, 0.1) is 0 Å². The maximum atomic E-state index is 13.1. The molecule has 0 bridgehead atoms. The van der Waals surface area contributed by atoms with Crippen LogP contribution in [0.3, 0.4) is 0 Å². The van der Waals surface area contributed by atoms with Gasteiger partial charge in [0, 0.05) is 20.6 Å². The number of aliphatic hydroxyl groups is 1. The van der Waals surface area contributed by atoms with Crippen molar-refractivity contribution < 1.29 is 19.4 Å². The smallest absolute Gasteiger partial charge is 0.300 e. The van der Waals surface area contributed by atoms with E-state index in [0.717, 1.165) is 33.5 Å². The highest BCUT2D eigenvalue weighted by Crippen LogP contribution is 2.44. The Kier molecular flexibility index (Phi) is 5.16. The molecule has 1 atom stereocenters. The number of aryl methyl sites for hydroxylation is 1. The number of hydrogen-bond acceptors (Lipinski definition) is 5. The molecule has 31 heavy (non-hydrogen) atoms. The molecule has 0 aliphatic carbocycles. The number of ketones is 1. The fraction of sp³-hybridized carbons (Fsp3) is 0.167. The standard InChI is InChI=1S/C24H18BrNO4S/c25-16-5-1-6-17(13-16)26-21(19-7-3-11-31-19)20(23(28)24(26)29)22(27)15-8-9-18-14(12-15)4-2-10-30-18/h1,3,5-9,11-13,21,27H,2,4,10H2/b22-20-. The van der Waals surface area contributed by atoms with Crippen LogP contribution in [-0.4, -0.2) is 23.4 Å². The Labute approximate surface area is 191 Å². The number of amides is 1. The third kappa shape index (κ3) is 3.47. The molecule has 1 N–H and O–H groups in total. The Bertz CT molecular complexity index is 1220. The van der Waals surface area contributed by atoms with Gasteiger partial charge in [0.15, 0.2) is 0 Å². The topological polar surface area (TPSA) is 66.8 Å². The lowest BCUT2D eigenvalue weighted by Gasteiger charge is -2.24. The van der Waals surface area contributed by atoms with Gasteiger partial charge < -0.3 is 9.84 Å². The van der Waals surface area contributed by atoms with Crippen LogP contribution in [0.1, 0.15) is 28.5 Å². The van der Waals surface area contributed by atoms with Crippen molar-refractivity contribution in [2.24, 2.45) is 0 Å². The minimum absolute atomic E-state index is 0.101. The number of thiophene rings is 1. The van der Waals surface area contributed by atoms with Crippen LogP contribution in [0.2, 0.25) is 0 Å². The van der Waals surface area contributed by atoms with Gasteiger partial charge in [0.1, 0.15) is 17.6 Å². The van der Waals surface area contributed by atoms with Gasteiger partial charge >= 0.3 is 0 Å². The summed E-state index contributed by atoms with van der Waals surface area (Å²) in [5.41, 5.74) is 2.19. The number of aliphatic hydroxyl groups excluding tert-OH is 1. The maximum absolute atomic E-state index is 13.1. The highest BCUT2D eigenvalue weighted by atomic mass is 79.9. The van der Waals surface area contributed by atoms with Crippen molar-refractivity contribution in [1.82, 2.24) is 0 Å². The first kappa shape index (κ1) is 20.0. The molecule has 1 fully saturated rings. The lowest BCUT2D eigenvalue weighted by Crippen LogP contribution is -2.29. The number of halogens is 1. The van der Waals surface area contributed by atoms with Crippen molar-refractivity contribution in [2.75, 3.05) is 11.5 Å². The first-order valence-electron chi connectivity index (χ1n) is 9.90. The zero-order valence-corrected chi connectivity index (χ0v) is 18.8. The summed E-state index contributed by atoms with van der Waals surface area (Å²) in [4.78, 5) is 28.5. The Morgan fingerprint density at radius 1 is 1.13 bits per heavy atom. The molecule has 5 nitrogen and oxygen atoms in total. The highest BCUT2D eigenvalue weighted by molar-refractivity contribution is 9.10. The van der Waals surface area contributed by atoms with E-state index in [4.69, 9.17) is 4.74 Å². The lowest BCUT2D eigenvalue weighted by atomic mass is 9.97. The predicted molar refractivity (Wildman–Crippen MR) is 124 cm³/mol. The van der Waals surface area contributed by atoms with Gasteiger partial charge in [0.2, 0.25) is 0 Å². The minimum Gasteiger partial charge on any atom is -0.507 e. The normalized spacial score (nSPS) is 19.9. The summed E-state index contributed by atoms with van der Waals surface area (Å²) in [6, 6.07) is 15.7. The Balaban J connectivity index is 1.68. The van der Waals surface area contributed by atoms with Gasteiger partial charge in [-0.3, -0.25) is 14.5 Å². The van der Waals surface area contributed by atoms with Crippen molar-refractivity contribution >= 4 is 50.4 Å². The van der Waals surface area contributed by atoms with Crippen LogP contribution in [0.25, 0.3) is 5.76 Å². The van der Waals surface area contributed by atoms with Crippen LogP contribution in [-0.2, 0) is 16.0 Å². The number of carbonyl (C=O) groups excluding carboxylic acids is 2. The number of Topliss-reactive ketones (excluding diaryl/α,β-unsaturated/α-hetero) is 1. The van der Waals surface area contributed by atoms with Gasteiger partial charge in [-0.05, 0) is 66.2 Å². The quantitative estimate of drug-likeness (QED) is 0.297. The molecule has 1 unspecified atom stereocenters. The predicted octanol–water partition coefficient (Wildman–Crippen LogP) is 5.46. The lowest BCUT2D eigenvalue weighted by molar-refractivity contribution is -0.132. The monoisotopic (exact) mass is 495 g/mol. The third-order valence-electron chi connectivity index (χ3n) is 5.53. The number of nitrogens with zero attached hydrogens (tertiary/aromatic N) is 1. The van der Waals surface area contributed by atoms with E-state index in [2.05, 4.69) is 15.9 Å². The van der Waals surface area contributed by atoms with E-state index >= 15 is 0 Å². The van der Waals surface area contributed by atoms with Crippen LogP contribution in [0.5, 0.6) is 5.75 Å². The molecule has 0 saturated carbocycles. The van der Waals surface area contributed by atoms with E-state index in [1.807, 2.05) is 41.8 Å². The van der Waals surface area contributed by atoms with Gasteiger partial charge in [-0.2, -0.15) is 0 Å². The number of rotatable bonds is 3. The van der Waals surface area contributed by atoms with E-state index in [1.165, 1.54) is 16.2 Å². The van der Waals surface area contributed by atoms with Crippen LogP contribution in [0.4, 0.5) is 5.69 Å². The Morgan fingerprint density at radius 3 is 2.77 bits per heavy atom. The molecule has 2 aromatic carbocycles. The molecule has 156 valence electrons. The highest BCUT2D eigenvalue weighted by Gasteiger charge is 2.47. The summed E-state index contributed by atoms with van der Waals surface area (Å²) < 4.78 is 6.46. The van der Waals surface area contributed by atoms with E-state index in [-0.39, 0.29) is 11.3 Å². The van der Waals surface area contributed by atoms with E-state index < -0.39 is 17.7 Å². The van der Waals surface area contributed by atoms with E-state index in [9.17, 15) is 14.7 Å². The SMILES string of the molecule is O=C1C(=O)N(c2cccc(Br)c2)C(c2cccs2)/C1=C(/O)c1ccc2c(c1)CCCO2. The fourth-order valence-electron chi connectivity index (χ4n) is 4.10. The van der Waals surface area contributed by atoms with Gasteiger partial charge in [-0.25, -0.2) is 0 Å². The second-order valence-electron chi connectivity index (χ2n) is 7.44. The summed E-state index contributed by atoms with van der Waals surface area (Å²) in [5, 5.41) is 13.1. The van der Waals surface area contributed by atoms with Gasteiger partial charge in [-0.15, -0.1) is 11.3 Å². The number of fused-ring (bicyclic) bond motifs is 1. The number of anilines is 1. The number of carbonyl (C=O) groups is 2. The molecule has 5 rings (SSSR count). The van der Waals surface area contributed by atoms with Gasteiger partial charge in [-0.1, -0.05) is 28.1 Å². The fourth-order valence-corrected chi connectivity index (χ4v) is 5.31. The molecule has 7 heteroatoms. The molecule has 1 saturated heterocycles. The average molecular weight is 496 g/mol. The second kappa shape index (κ2) is 7.98. The first-order valence-corrected chi connectivity index (χ1v) is 11.6. The zero-order chi connectivity index (χ0) is 21.5. The largest absolute Gasteiger partial charge is 0.507 e.